The van der Waals surface area contributed by atoms with Gasteiger partial charge >= 0.3 is 0 Å². The molecule has 3 rings (SSSR count). The molecule has 0 spiro atoms. The lowest BCUT2D eigenvalue weighted by molar-refractivity contribution is 0.0234. The summed E-state index contributed by atoms with van der Waals surface area (Å²) in [7, 11) is 1.55. The van der Waals surface area contributed by atoms with Gasteiger partial charge in [0.15, 0.2) is 0 Å². The summed E-state index contributed by atoms with van der Waals surface area (Å²) in [6, 6.07) is 8.24. The fraction of sp³-hybridized carbons (Fsp3) is 0.368. The molecule has 0 bridgehead atoms. The third-order valence-corrected chi connectivity index (χ3v) is 4.63. The van der Waals surface area contributed by atoms with Crippen LogP contribution in [0.2, 0.25) is 0 Å². The van der Waals surface area contributed by atoms with Crippen LogP contribution in [0.3, 0.4) is 0 Å². The predicted molar refractivity (Wildman–Crippen MR) is 92.6 cm³/mol. The van der Waals surface area contributed by atoms with Crippen LogP contribution in [0, 0.1) is 12.8 Å². The first-order valence-electron chi connectivity index (χ1n) is 8.26. The van der Waals surface area contributed by atoms with Crippen LogP contribution in [0.4, 0.5) is 0 Å². The van der Waals surface area contributed by atoms with Gasteiger partial charge in [-0.1, -0.05) is 17.7 Å². The first-order valence-corrected chi connectivity index (χ1v) is 8.26. The number of hydrogen-bond acceptors (Lipinski definition) is 5. The van der Waals surface area contributed by atoms with Crippen molar-refractivity contribution in [1.29, 1.82) is 0 Å². The number of pyridine rings is 1. The van der Waals surface area contributed by atoms with Crippen molar-refractivity contribution in [3.8, 4) is 11.6 Å². The Hall–Kier alpha value is -2.60. The number of aliphatic hydroxyl groups is 1. The third-order valence-electron chi connectivity index (χ3n) is 4.63. The maximum absolute atomic E-state index is 12.7. The smallest absolute Gasteiger partial charge is 0.255 e. The number of aliphatic hydroxyl groups excluding tert-OH is 1. The van der Waals surface area contributed by atoms with Crippen molar-refractivity contribution in [3.05, 3.63) is 53.2 Å². The van der Waals surface area contributed by atoms with E-state index in [1.807, 2.05) is 13.0 Å². The Morgan fingerprint density at radius 3 is 2.68 bits per heavy atom. The highest BCUT2D eigenvalue weighted by Gasteiger charge is 2.36. The standard InChI is InChI=1S/C19H22N2O4/c1-11-3-5-16(23)15(7-11)19(24)21-18(13-8-14(22)9-13)12-4-6-17(25-2)20-10-12/h3-7,10,13-14,18,22-23H,8-9H2,1-2H3,(H,21,24)/t13?,14?,18-/m1/s1. The van der Waals surface area contributed by atoms with E-state index in [1.54, 1.807) is 31.5 Å². The Kier molecular flexibility index (Phi) is 4.90. The van der Waals surface area contributed by atoms with Crippen molar-refractivity contribution in [2.24, 2.45) is 5.92 Å². The van der Waals surface area contributed by atoms with E-state index in [9.17, 15) is 15.0 Å². The zero-order valence-corrected chi connectivity index (χ0v) is 14.3. The Balaban J connectivity index is 1.84. The normalized spacial score (nSPS) is 20.4. The zero-order chi connectivity index (χ0) is 18.0. The van der Waals surface area contributed by atoms with Gasteiger partial charge in [-0.3, -0.25) is 4.79 Å². The van der Waals surface area contributed by atoms with E-state index in [1.165, 1.54) is 6.07 Å². The molecule has 132 valence electrons. The Labute approximate surface area is 146 Å². The van der Waals surface area contributed by atoms with Gasteiger partial charge in [0.1, 0.15) is 5.75 Å². The summed E-state index contributed by atoms with van der Waals surface area (Å²) >= 11 is 0. The molecule has 0 aliphatic heterocycles. The van der Waals surface area contributed by atoms with Crippen LogP contribution >= 0.6 is 0 Å². The number of ether oxygens (including phenoxy) is 1. The Bertz CT molecular complexity index is 755. The van der Waals surface area contributed by atoms with E-state index in [2.05, 4.69) is 10.3 Å². The average Bonchev–Trinajstić information content (AvgIpc) is 2.59. The lowest BCUT2D eigenvalue weighted by atomic mass is 9.75. The summed E-state index contributed by atoms with van der Waals surface area (Å²) in [5.74, 6) is 0.228. The first-order chi connectivity index (χ1) is 12.0. The van der Waals surface area contributed by atoms with Crippen molar-refractivity contribution in [2.75, 3.05) is 7.11 Å². The second kappa shape index (κ2) is 7.11. The minimum Gasteiger partial charge on any atom is -0.507 e. The topological polar surface area (TPSA) is 91.7 Å². The van der Waals surface area contributed by atoms with E-state index in [4.69, 9.17) is 4.74 Å². The summed E-state index contributed by atoms with van der Waals surface area (Å²) < 4.78 is 5.07. The van der Waals surface area contributed by atoms with Crippen LogP contribution in [0.1, 0.15) is 40.4 Å². The third kappa shape index (κ3) is 3.74. The van der Waals surface area contributed by atoms with Crippen molar-refractivity contribution in [3.63, 3.8) is 0 Å². The molecule has 2 aromatic rings. The summed E-state index contributed by atoms with van der Waals surface area (Å²) in [6.07, 6.45) is 2.58. The predicted octanol–water partition coefficient (Wildman–Crippen LogP) is 2.35. The molecular weight excluding hydrogens is 320 g/mol. The van der Waals surface area contributed by atoms with Gasteiger partial charge in [-0.2, -0.15) is 0 Å². The average molecular weight is 342 g/mol. The number of aromatic nitrogens is 1. The fourth-order valence-corrected chi connectivity index (χ4v) is 3.12. The molecule has 1 amide bonds. The molecule has 6 heteroatoms. The molecule has 1 heterocycles. The minimum atomic E-state index is -0.344. The maximum Gasteiger partial charge on any atom is 0.255 e. The van der Waals surface area contributed by atoms with Gasteiger partial charge in [0, 0.05) is 12.3 Å². The van der Waals surface area contributed by atoms with Gasteiger partial charge in [-0.05, 0) is 43.4 Å². The molecular formula is C19H22N2O4. The van der Waals surface area contributed by atoms with Crippen molar-refractivity contribution >= 4 is 5.91 Å². The second-order valence-corrected chi connectivity index (χ2v) is 6.49. The number of rotatable bonds is 5. The summed E-state index contributed by atoms with van der Waals surface area (Å²) in [6.45, 7) is 1.86. The van der Waals surface area contributed by atoms with Gasteiger partial charge in [0.2, 0.25) is 5.88 Å². The van der Waals surface area contributed by atoms with Crippen molar-refractivity contribution in [2.45, 2.75) is 31.9 Å². The summed E-state index contributed by atoms with van der Waals surface area (Å²) in [5.41, 5.74) is 1.98. The van der Waals surface area contributed by atoms with Gasteiger partial charge in [-0.15, -0.1) is 0 Å². The van der Waals surface area contributed by atoms with Gasteiger partial charge < -0.3 is 20.3 Å². The molecule has 1 aromatic heterocycles. The van der Waals surface area contributed by atoms with Crippen molar-refractivity contribution < 1.29 is 19.7 Å². The van der Waals surface area contributed by atoms with Crippen LogP contribution in [0.25, 0.3) is 0 Å². The molecule has 1 aliphatic carbocycles. The molecule has 0 radical (unpaired) electrons. The van der Waals surface area contributed by atoms with Crippen LogP contribution < -0.4 is 10.1 Å². The largest absolute Gasteiger partial charge is 0.507 e. The number of nitrogens with zero attached hydrogens (tertiary/aromatic N) is 1. The molecule has 1 fully saturated rings. The van der Waals surface area contributed by atoms with E-state index in [0.717, 1.165) is 11.1 Å². The number of aryl methyl sites for hydroxylation is 1. The number of nitrogens with one attached hydrogen (secondary N) is 1. The van der Waals surface area contributed by atoms with E-state index in [0.29, 0.717) is 18.7 Å². The number of carbonyl (C=O) groups is 1. The molecule has 0 saturated heterocycles. The molecule has 0 unspecified atom stereocenters. The molecule has 1 aromatic carbocycles. The molecule has 6 nitrogen and oxygen atoms in total. The number of carbonyl (C=O) groups excluding carboxylic acids is 1. The maximum atomic E-state index is 12.7. The number of amides is 1. The van der Waals surface area contributed by atoms with Gasteiger partial charge in [0.25, 0.3) is 5.91 Å². The molecule has 1 saturated carbocycles. The Morgan fingerprint density at radius 1 is 1.32 bits per heavy atom. The first kappa shape index (κ1) is 17.2. The number of hydrogen-bond donors (Lipinski definition) is 3. The number of phenolic OH excluding ortho intramolecular Hbond substituents is 1. The van der Waals surface area contributed by atoms with Crippen LogP contribution in [-0.4, -0.2) is 34.3 Å². The molecule has 25 heavy (non-hydrogen) atoms. The number of phenols is 1. The summed E-state index contributed by atoms with van der Waals surface area (Å²) in [4.78, 5) is 16.9. The minimum absolute atomic E-state index is 0.0525. The Morgan fingerprint density at radius 2 is 2.08 bits per heavy atom. The quantitative estimate of drug-likeness (QED) is 0.776. The lowest BCUT2D eigenvalue weighted by Crippen LogP contribution is -2.41. The summed E-state index contributed by atoms with van der Waals surface area (Å²) in [5, 5.41) is 22.6. The highest BCUT2D eigenvalue weighted by molar-refractivity contribution is 5.97. The number of aromatic hydroxyl groups is 1. The number of methoxy groups -OCH3 is 1. The van der Waals surface area contributed by atoms with E-state index >= 15 is 0 Å². The van der Waals surface area contributed by atoms with Crippen LogP contribution in [-0.2, 0) is 0 Å². The molecule has 1 atom stereocenters. The van der Waals surface area contributed by atoms with Crippen LogP contribution in [0.15, 0.2) is 36.5 Å². The lowest BCUT2D eigenvalue weighted by Gasteiger charge is -2.38. The molecule has 1 aliphatic rings. The van der Waals surface area contributed by atoms with E-state index in [-0.39, 0.29) is 35.3 Å². The molecule has 3 N–H and O–H groups in total. The second-order valence-electron chi connectivity index (χ2n) is 6.49. The number of benzene rings is 1. The zero-order valence-electron chi connectivity index (χ0n) is 14.3. The SMILES string of the molecule is COc1ccc([C@@H](NC(=O)c2cc(C)ccc2O)C2CC(O)C2)cn1. The van der Waals surface area contributed by atoms with E-state index < -0.39 is 0 Å². The highest BCUT2D eigenvalue weighted by Crippen LogP contribution is 2.38. The van der Waals surface area contributed by atoms with Gasteiger partial charge in [0.05, 0.1) is 24.8 Å². The van der Waals surface area contributed by atoms with Gasteiger partial charge in [-0.25, -0.2) is 4.98 Å². The van der Waals surface area contributed by atoms with Crippen LogP contribution in [0.5, 0.6) is 11.6 Å². The highest BCUT2D eigenvalue weighted by atomic mass is 16.5. The fourth-order valence-electron chi connectivity index (χ4n) is 3.12. The monoisotopic (exact) mass is 342 g/mol. The van der Waals surface area contributed by atoms with Crippen molar-refractivity contribution in [1.82, 2.24) is 10.3 Å².